The molecule has 0 unspecified atom stereocenters. The first-order valence-corrected chi connectivity index (χ1v) is 9.28. The second-order valence-corrected chi connectivity index (χ2v) is 7.52. The van der Waals surface area contributed by atoms with E-state index in [1.807, 2.05) is 18.2 Å². The number of hydrogen-bond acceptors (Lipinski definition) is 2. The molecule has 25 heavy (non-hydrogen) atoms. The van der Waals surface area contributed by atoms with Gasteiger partial charge in [-0.05, 0) is 53.4 Å². The highest BCUT2D eigenvalue weighted by Crippen LogP contribution is 2.37. The Labute approximate surface area is 150 Å². The third kappa shape index (κ3) is 3.85. The summed E-state index contributed by atoms with van der Waals surface area (Å²) in [6.45, 7) is 0. The zero-order chi connectivity index (χ0) is 17.2. The molecule has 0 heterocycles. The van der Waals surface area contributed by atoms with Gasteiger partial charge in [0.1, 0.15) is 11.1 Å². The van der Waals surface area contributed by atoms with Gasteiger partial charge in [-0.1, -0.05) is 42.5 Å². The quantitative estimate of drug-likeness (QED) is 0.649. The molecule has 0 aliphatic heterocycles. The number of amides is 1. The van der Waals surface area contributed by atoms with Gasteiger partial charge in [0.05, 0.1) is 0 Å². The number of halogens is 1. The predicted octanol–water partition coefficient (Wildman–Crippen LogP) is 5.09. The Bertz CT molecular complexity index is 905. The highest BCUT2D eigenvalue weighted by atomic mass is 32.2. The Morgan fingerprint density at radius 2 is 1.72 bits per heavy atom. The number of hydrogen-bond donors (Lipinski definition) is 1. The molecular weight excluding hydrogens is 333 g/mol. The van der Waals surface area contributed by atoms with E-state index in [1.165, 1.54) is 29.3 Å². The molecule has 1 fully saturated rings. The van der Waals surface area contributed by atoms with Gasteiger partial charge in [0, 0.05) is 10.9 Å². The van der Waals surface area contributed by atoms with Crippen molar-refractivity contribution in [2.75, 3.05) is 0 Å². The van der Waals surface area contributed by atoms with Crippen molar-refractivity contribution in [2.45, 2.75) is 29.0 Å². The van der Waals surface area contributed by atoms with E-state index in [0.717, 1.165) is 28.7 Å². The lowest BCUT2D eigenvalue weighted by Crippen LogP contribution is -2.29. The van der Waals surface area contributed by atoms with Gasteiger partial charge in [-0.15, -0.1) is 11.8 Å². The molecule has 3 aromatic rings. The highest BCUT2D eigenvalue weighted by molar-refractivity contribution is 8.00. The van der Waals surface area contributed by atoms with Crippen molar-refractivity contribution in [3.05, 3.63) is 78.1 Å². The maximum absolute atomic E-state index is 13.3. The largest absolute Gasteiger partial charge is 0.352 e. The monoisotopic (exact) mass is 351 g/mol. The Morgan fingerprint density at radius 3 is 2.44 bits per heavy atom. The van der Waals surface area contributed by atoms with Crippen LogP contribution < -0.4 is 5.32 Å². The van der Waals surface area contributed by atoms with Gasteiger partial charge in [-0.2, -0.15) is 0 Å². The fourth-order valence-electron chi connectivity index (χ4n) is 2.79. The first-order chi connectivity index (χ1) is 12.2. The first-order valence-electron chi connectivity index (χ1n) is 8.40. The van der Waals surface area contributed by atoms with Crippen LogP contribution in [0.25, 0.3) is 10.8 Å². The molecule has 1 aliphatic carbocycles. The van der Waals surface area contributed by atoms with E-state index in [0.29, 0.717) is 6.04 Å². The molecule has 3 aromatic carbocycles. The Morgan fingerprint density at radius 1 is 1.00 bits per heavy atom. The van der Waals surface area contributed by atoms with E-state index in [9.17, 15) is 9.18 Å². The minimum atomic E-state index is -0.387. The molecule has 2 nitrogen and oxygen atoms in total. The Hall–Kier alpha value is -2.33. The van der Waals surface area contributed by atoms with E-state index < -0.39 is 0 Å². The molecule has 0 aromatic heterocycles. The maximum Gasteiger partial charge on any atom is 0.238 e. The molecule has 1 amide bonds. The second kappa shape index (κ2) is 6.89. The van der Waals surface area contributed by atoms with E-state index in [-0.39, 0.29) is 17.0 Å². The van der Waals surface area contributed by atoms with Crippen molar-refractivity contribution in [3.63, 3.8) is 0 Å². The van der Waals surface area contributed by atoms with Crippen LogP contribution in [-0.4, -0.2) is 11.9 Å². The van der Waals surface area contributed by atoms with Crippen LogP contribution >= 0.6 is 11.8 Å². The van der Waals surface area contributed by atoms with Crippen molar-refractivity contribution < 1.29 is 9.18 Å². The summed E-state index contributed by atoms with van der Waals surface area (Å²) in [5.74, 6) is -0.298. The Balaban J connectivity index is 1.63. The number of thioether (sulfide) groups is 1. The van der Waals surface area contributed by atoms with Gasteiger partial charge in [0.15, 0.2) is 0 Å². The van der Waals surface area contributed by atoms with Crippen molar-refractivity contribution in [3.8, 4) is 0 Å². The highest BCUT2D eigenvalue weighted by Gasteiger charge is 2.29. The third-order valence-corrected chi connectivity index (χ3v) is 5.56. The summed E-state index contributed by atoms with van der Waals surface area (Å²) in [5, 5.41) is 5.00. The first kappa shape index (κ1) is 16.2. The molecule has 1 aliphatic rings. The van der Waals surface area contributed by atoms with Crippen LogP contribution in [0.15, 0.2) is 71.6 Å². The molecule has 0 spiro atoms. The molecule has 0 saturated heterocycles. The standard InChI is InChI=1S/C21H18FNOS/c22-17-8-5-15(6-9-17)20(21(24)23-18-10-11-18)25-19-12-7-14-3-1-2-4-16(14)13-19/h1-9,12-13,18,20H,10-11H2,(H,23,24)/t20-/m0/s1. The summed E-state index contributed by atoms with van der Waals surface area (Å²) in [5.41, 5.74) is 0.817. The lowest BCUT2D eigenvalue weighted by atomic mass is 10.1. The topological polar surface area (TPSA) is 29.1 Å². The fourth-order valence-corrected chi connectivity index (χ4v) is 3.87. The summed E-state index contributed by atoms with van der Waals surface area (Å²) in [4.78, 5) is 13.7. The zero-order valence-corrected chi connectivity index (χ0v) is 14.4. The van der Waals surface area contributed by atoms with E-state index in [2.05, 4.69) is 29.6 Å². The molecule has 1 atom stereocenters. The van der Waals surface area contributed by atoms with Gasteiger partial charge in [-0.25, -0.2) is 4.39 Å². The van der Waals surface area contributed by atoms with Crippen LogP contribution in [0.3, 0.4) is 0 Å². The van der Waals surface area contributed by atoms with Gasteiger partial charge in [-0.3, -0.25) is 4.79 Å². The van der Waals surface area contributed by atoms with Crippen molar-refractivity contribution >= 4 is 28.4 Å². The van der Waals surface area contributed by atoms with Crippen molar-refractivity contribution in [1.82, 2.24) is 5.32 Å². The average molecular weight is 351 g/mol. The summed E-state index contributed by atoms with van der Waals surface area (Å²) < 4.78 is 13.3. The molecule has 1 N–H and O–H groups in total. The molecule has 4 rings (SSSR count). The SMILES string of the molecule is O=C(NC1CC1)[C@@H](Sc1ccc2ccccc2c1)c1ccc(F)cc1. The smallest absolute Gasteiger partial charge is 0.238 e. The van der Waals surface area contributed by atoms with E-state index in [4.69, 9.17) is 0 Å². The maximum atomic E-state index is 13.3. The van der Waals surface area contributed by atoms with Crippen LogP contribution in [0.2, 0.25) is 0 Å². The summed E-state index contributed by atoms with van der Waals surface area (Å²) in [7, 11) is 0. The number of benzene rings is 3. The minimum Gasteiger partial charge on any atom is -0.352 e. The van der Waals surface area contributed by atoms with Crippen LogP contribution in [0.1, 0.15) is 23.7 Å². The number of nitrogens with one attached hydrogen (secondary N) is 1. The van der Waals surface area contributed by atoms with Gasteiger partial charge in [0.25, 0.3) is 0 Å². The molecule has 126 valence electrons. The van der Waals surface area contributed by atoms with Crippen LogP contribution in [-0.2, 0) is 4.79 Å². The predicted molar refractivity (Wildman–Crippen MR) is 100 cm³/mol. The number of carbonyl (C=O) groups is 1. The number of carbonyl (C=O) groups excluding carboxylic acids is 1. The fraction of sp³-hybridized carbons (Fsp3) is 0.190. The van der Waals surface area contributed by atoms with Crippen molar-refractivity contribution in [1.29, 1.82) is 0 Å². The zero-order valence-electron chi connectivity index (χ0n) is 13.6. The normalized spacial score (nSPS) is 15.1. The van der Waals surface area contributed by atoms with E-state index >= 15 is 0 Å². The minimum absolute atomic E-state index is 0.00716. The summed E-state index contributed by atoms with van der Waals surface area (Å²) in [6.07, 6.45) is 2.09. The lowest BCUT2D eigenvalue weighted by Gasteiger charge is -2.17. The van der Waals surface area contributed by atoms with Crippen LogP contribution in [0, 0.1) is 5.82 Å². The van der Waals surface area contributed by atoms with Gasteiger partial charge < -0.3 is 5.32 Å². The number of rotatable bonds is 5. The number of fused-ring (bicyclic) bond motifs is 1. The van der Waals surface area contributed by atoms with Crippen molar-refractivity contribution in [2.24, 2.45) is 0 Å². The van der Waals surface area contributed by atoms with Gasteiger partial charge in [0.2, 0.25) is 5.91 Å². The van der Waals surface area contributed by atoms with Gasteiger partial charge >= 0.3 is 0 Å². The molecule has 4 heteroatoms. The van der Waals surface area contributed by atoms with Crippen LogP contribution in [0.5, 0.6) is 0 Å². The van der Waals surface area contributed by atoms with E-state index in [1.54, 1.807) is 12.1 Å². The second-order valence-electron chi connectivity index (χ2n) is 6.34. The lowest BCUT2D eigenvalue weighted by molar-refractivity contribution is -0.120. The average Bonchev–Trinajstić information content (AvgIpc) is 3.44. The summed E-state index contributed by atoms with van der Waals surface area (Å²) in [6, 6.07) is 20.9. The molecule has 1 saturated carbocycles. The summed E-state index contributed by atoms with van der Waals surface area (Å²) >= 11 is 1.51. The molecular formula is C21H18FNOS. The van der Waals surface area contributed by atoms with Crippen LogP contribution in [0.4, 0.5) is 4.39 Å². The Kier molecular flexibility index (Phi) is 4.45. The third-order valence-electron chi connectivity index (χ3n) is 4.31. The molecule has 0 radical (unpaired) electrons. The molecule has 0 bridgehead atoms.